The Morgan fingerprint density at radius 1 is 1.02 bits per heavy atom. The molecule has 10 nitrogen and oxygen atoms in total. The summed E-state index contributed by atoms with van der Waals surface area (Å²) in [5.41, 5.74) is 0.289. The van der Waals surface area contributed by atoms with E-state index in [1.54, 1.807) is 48.8 Å². The van der Waals surface area contributed by atoms with Crippen molar-refractivity contribution in [2.75, 3.05) is 31.7 Å². The number of hydrogen-bond acceptors (Lipinski definition) is 7. The molecule has 1 N–H and O–H groups in total. The zero-order valence-corrected chi connectivity index (χ0v) is 33.4. The molecule has 0 spiro atoms. The highest BCUT2D eigenvalue weighted by Gasteiger charge is 2.49. The molecule has 0 aliphatic carbocycles. The number of carbonyl (C=O) groups is 3. The maximum Gasteiger partial charge on any atom is 0.410 e. The molecule has 2 fully saturated rings. The third kappa shape index (κ3) is 10.5. The monoisotopic (exact) mass is 745 g/mol. The standard InChI is InChI=1S/C39H57F2N3O7Si/c1-11-15-49-31-23-33(44(24-31)37(47)50-38(2,3)4)35(51-52(9,10)39(5,6)7)32(18-25-16-27(40)21-28(41)17-25)42-36(46)26-19-29(22-30(20-26)48-8)43-14-12-13-34(43)45/h16-17,19-22,31-33,35H,11-15,18,23-24H2,1-10H3,(H,42,46)/t31-,32+,33-,35+/m1/s1. The number of anilines is 1. The van der Waals surface area contributed by atoms with E-state index in [2.05, 4.69) is 39.2 Å². The van der Waals surface area contributed by atoms with Gasteiger partial charge in [0.25, 0.3) is 5.91 Å². The van der Waals surface area contributed by atoms with Crippen molar-refractivity contribution in [2.45, 2.75) is 129 Å². The summed E-state index contributed by atoms with van der Waals surface area (Å²) in [7, 11) is -1.17. The molecule has 2 aliphatic rings. The number of nitrogens with zero attached hydrogens (tertiary/aromatic N) is 2. The van der Waals surface area contributed by atoms with Gasteiger partial charge in [-0.25, -0.2) is 13.6 Å². The van der Waals surface area contributed by atoms with Gasteiger partial charge in [0.1, 0.15) is 23.0 Å². The molecule has 288 valence electrons. The second kappa shape index (κ2) is 16.6. The van der Waals surface area contributed by atoms with E-state index in [9.17, 15) is 23.2 Å². The highest BCUT2D eigenvalue weighted by molar-refractivity contribution is 6.74. The Kier molecular flexibility index (Phi) is 13.2. The Balaban J connectivity index is 1.85. The molecule has 52 heavy (non-hydrogen) atoms. The second-order valence-electron chi connectivity index (χ2n) is 16.4. The lowest BCUT2D eigenvalue weighted by Crippen LogP contribution is -2.60. The smallest absolute Gasteiger partial charge is 0.410 e. The summed E-state index contributed by atoms with van der Waals surface area (Å²) in [5.74, 6) is -1.66. The predicted molar refractivity (Wildman–Crippen MR) is 199 cm³/mol. The third-order valence-corrected chi connectivity index (χ3v) is 14.4. The first-order valence-electron chi connectivity index (χ1n) is 18.3. The van der Waals surface area contributed by atoms with Gasteiger partial charge in [0, 0.05) is 43.0 Å². The highest BCUT2D eigenvalue weighted by Crippen LogP contribution is 2.40. The van der Waals surface area contributed by atoms with Crippen LogP contribution in [0.25, 0.3) is 0 Å². The first-order chi connectivity index (χ1) is 24.2. The first kappa shape index (κ1) is 41.2. The number of halogens is 2. The van der Waals surface area contributed by atoms with Gasteiger partial charge in [-0.3, -0.25) is 14.5 Å². The summed E-state index contributed by atoms with van der Waals surface area (Å²) in [4.78, 5) is 44.2. The average molecular weight is 746 g/mol. The fourth-order valence-corrected chi connectivity index (χ4v) is 7.77. The molecule has 0 unspecified atom stereocenters. The van der Waals surface area contributed by atoms with Crippen molar-refractivity contribution in [3.63, 3.8) is 0 Å². The molecule has 0 radical (unpaired) electrons. The molecule has 2 aliphatic heterocycles. The number of amides is 3. The zero-order valence-electron chi connectivity index (χ0n) is 32.4. The van der Waals surface area contributed by atoms with Crippen LogP contribution in [0.2, 0.25) is 18.1 Å². The Morgan fingerprint density at radius 3 is 2.25 bits per heavy atom. The predicted octanol–water partition coefficient (Wildman–Crippen LogP) is 7.64. The van der Waals surface area contributed by atoms with E-state index in [0.717, 1.165) is 12.5 Å². The summed E-state index contributed by atoms with van der Waals surface area (Å²) in [6.45, 7) is 19.1. The Hall–Kier alpha value is -3.55. The zero-order chi connectivity index (χ0) is 38.6. The van der Waals surface area contributed by atoms with E-state index < -0.39 is 55.7 Å². The SMILES string of the molecule is CCCO[C@@H]1C[C@H]([C@@H](O[Si](C)(C)C(C)(C)C)[C@H](Cc2cc(F)cc(F)c2)NC(=O)c2cc(OC)cc(N3CCCC3=O)c2)N(C(=O)OC(C)(C)C)C1. The van der Waals surface area contributed by atoms with Crippen LogP contribution in [-0.2, 0) is 25.1 Å². The van der Waals surface area contributed by atoms with Gasteiger partial charge in [0.05, 0.1) is 37.9 Å². The molecule has 0 saturated carbocycles. The Labute approximate surface area is 308 Å². The van der Waals surface area contributed by atoms with Crippen molar-refractivity contribution in [1.82, 2.24) is 10.2 Å². The van der Waals surface area contributed by atoms with Crippen LogP contribution in [0.15, 0.2) is 36.4 Å². The highest BCUT2D eigenvalue weighted by atomic mass is 28.4. The molecule has 2 aromatic carbocycles. The van der Waals surface area contributed by atoms with Gasteiger partial charge < -0.3 is 28.9 Å². The summed E-state index contributed by atoms with van der Waals surface area (Å²) in [6, 6.07) is 6.70. The number of hydrogen-bond donors (Lipinski definition) is 1. The average Bonchev–Trinajstić information content (AvgIpc) is 3.66. The quantitative estimate of drug-likeness (QED) is 0.210. The first-order valence-corrected chi connectivity index (χ1v) is 21.2. The van der Waals surface area contributed by atoms with Crippen LogP contribution >= 0.6 is 0 Å². The molecule has 4 atom stereocenters. The maximum atomic E-state index is 14.7. The number of nitrogens with one attached hydrogen (secondary N) is 1. The third-order valence-electron chi connectivity index (χ3n) is 9.97. The van der Waals surface area contributed by atoms with Gasteiger partial charge in [0.15, 0.2) is 8.32 Å². The molecular weight excluding hydrogens is 689 g/mol. The molecule has 2 aromatic rings. The minimum absolute atomic E-state index is 0.0136. The molecule has 13 heteroatoms. The molecule has 0 aromatic heterocycles. The summed E-state index contributed by atoms with van der Waals surface area (Å²) in [6.07, 6.45) is 0.563. The van der Waals surface area contributed by atoms with Crippen LogP contribution in [0, 0.1) is 11.6 Å². The largest absolute Gasteiger partial charge is 0.497 e. The molecule has 4 rings (SSSR count). The van der Waals surface area contributed by atoms with Crippen molar-refractivity contribution in [1.29, 1.82) is 0 Å². The number of benzene rings is 2. The van der Waals surface area contributed by atoms with Crippen LogP contribution in [0.1, 0.15) is 90.1 Å². The number of likely N-dealkylation sites (tertiary alicyclic amines) is 1. The number of carbonyl (C=O) groups excluding carboxylic acids is 3. The van der Waals surface area contributed by atoms with Gasteiger partial charge in [-0.2, -0.15) is 0 Å². The van der Waals surface area contributed by atoms with Crippen molar-refractivity contribution in [3.8, 4) is 5.75 Å². The van der Waals surface area contributed by atoms with E-state index in [1.807, 2.05) is 6.92 Å². The van der Waals surface area contributed by atoms with Crippen LogP contribution in [0.4, 0.5) is 19.3 Å². The second-order valence-corrected chi connectivity index (χ2v) is 21.2. The van der Waals surface area contributed by atoms with E-state index in [-0.39, 0.29) is 35.6 Å². The van der Waals surface area contributed by atoms with Gasteiger partial charge >= 0.3 is 6.09 Å². The lowest BCUT2D eigenvalue weighted by Gasteiger charge is -2.45. The van der Waals surface area contributed by atoms with Gasteiger partial charge in [-0.05, 0) is 94.4 Å². The van der Waals surface area contributed by atoms with E-state index in [4.69, 9.17) is 18.6 Å². The number of methoxy groups -OCH3 is 1. The van der Waals surface area contributed by atoms with Gasteiger partial charge in [-0.15, -0.1) is 0 Å². The summed E-state index contributed by atoms with van der Waals surface area (Å²) < 4.78 is 54.1. The van der Waals surface area contributed by atoms with Crippen molar-refractivity contribution >= 4 is 31.9 Å². The van der Waals surface area contributed by atoms with Gasteiger partial charge in [-0.1, -0.05) is 27.7 Å². The normalized spacial score (nSPS) is 19.5. The van der Waals surface area contributed by atoms with Crippen LogP contribution < -0.4 is 15.0 Å². The molecule has 2 saturated heterocycles. The molecule has 3 amide bonds. The molecule has 0 bridgehead atoms. The van der Waals surface area contributed by atoms with Crippen molar-refractivity contribution in [2.24, 2.45) is 0 Å². The minimum Gasteiger partial charge on any atom is -0.497 e. The lowest BCUT2D eigenvalue weighted by molar-refractivity contribution is -0.117. The summed E-state index contributed by atoms with van der Waals surface area (Å²) >= 11 is 0. The van der Waals surface area contributed by atoms with Crippen molar-refractivity contribution < 1.29 is 41.8 Å². The molecule has 2 heterocycles. The number of rotatable bonds is 13. The van der Waals surface area contributed by atoms with Crippen LogP contribution in [-0.4, -0.2) is 87.8 Å². The topological polar surface area (TPSA) is 107 Å². The van der Waals surface area contributed by atoms with Gasteiger partial charge in [0.2, 0.25) is 5.91 Å². The fraction of sp³-hybridized carbons (Fsp3) is 0.615. The lowest BCUT2D eigenvalue weighted by atomic mass is 9.94. The Morgan fingerprint density at radius 2 is 1.69 bits per heavy atom. The fourth-order valence-electron chi connectivity index (χ4n) is 6.41. The summed E-state index contributed by atoms with van der Waals surface area (Å²) in [5, 5.41) is 2.88. The van der Waals surface area contributed by atoms with E-state index in [0.29, 0.717) is 49.4 Å². The maximum absolute atomic E-state index is 14.7. The van der Waals surface area contributed by atoms with E-state index in [1.165, 1.54) is 19.2 Å². The van der Waals surface area contributed by atoms with Crippen LogP contribution in [0.5, 0.6) is 5.75 Å². The molecular formula is C39H57F2N3O7Si. The number of ether oxygens (including phenoxy) is 3. The van der Waals surface area contributed by atoms with Crippen molar-refractivity contribution in [3.05, 3.63) is 59.2 Å². The minimum atomic E-state index is -2.66. The van der Waals surface area contributed by atoms with E-state index >= 15 is 0 Å². The Bertz CT molecular complexity index is 1570. The van der Waals surface area contributed by atoms with Crippen LogP contribution in [0.3, 0.4) is 0 Å².